The molecule has 1 aliphatic carbocycles. The van der Waals surface area contributed by atoms with Gasteiger partial charge in [0.2, 0.25) is 0 Å². The Hall–Kier alpha value is -0.890. The van der Waals surface area contributed by atoms with Gasteiger partial charge in [-0.15, -0.1) is 0 Å². The first kappa shape index (κ1) is 14.5. The molecule has 0 aromatic heterocycles. The molecule has 1 nitrogen and oxygen atoms in total. The van der Waals surface area contributed by atoms with Crippen molar-refractivity contribution in [3.8, 4) is 0 Å². The Morgan fingerprint density at radius 1 is 1.26 bits per heavy atom. The van der Waals surface area contributed by atoms with Crippen molar-refractivity contribution in [2.24, 2.45) is 11.8 Å². The van der Waals surface area contributed by atoms with Crippen LogP contribution in [0.2, 0.25) is 0 Å². The van der Waals surface area contributed by atoms with Gasteiger partial charge in [0.25, 0.3) is 0 Å². The number of halogens is 1. The molecule has 19 heavy (non-hydrogen) atoms. The van der Waals surface area contributed by atoms with Crippen molar-refractivity contribution in [2.75, 3.05) is 13.1 Å². The standard InChI is InChI=1S/C17H26FN/c1-4-9-19-12-17(10-14(11-17)13(2)3)15-5-7-16(18)8-6-15/h5-8,13-14,19H,4,9-12H2,1-3H3. The summed E-state index contributed by atoms with van der Waals surface area (Å²) in [6.07, 6.45) is 3.62. The molecule has 1 aromatic rings. The van der Waals surface area contributed by atoms with E-state index in [0.717, 1.165) is 31.3 Å². The Balaban J connectivity index is 2.09. The third-order valence-corrected chi connectivity index (χ3v) is 4.60. The van der Waals surface area contributed by atoms with Crippen LogP contribution in [0.15, 0.2) is 24.3 Å². The fourth-order valence-electron chi connectivity index (χ4n) is 3.21. The maximum atomic E-state index is 13.1. The molecule has 2 rings (SSSR count). The summed E-state index contributed by atoms with van der Waals surface area (Å²) in [6.45, 7) is 8.89. The van der Waals surface area contributed by atoms with E-state index in [0.29, 0.717) is 0 Å². The van der Waals surface area contributed by atoms with Crippen LogP contribution >= 0.6 is 0 Å². The lowest BCUT2D eigenvalue weighted by Gasteiger charge is -2.50. The summed E-state index contributed by atoms with van der Waals surface area (Å²) < 4.78 is 13.1. The molecule has 0 spiro atoms. The monoisotopic (exact) mass is 263 g/mol. The SMILES string of the molecule is CCCNCC1(c2ccc(F)cc2)CC(C(C)C)C1. The number of nitrogens with one attached hydrogen (secondary N) is 1. The second kappa shape index (κ2) is 6.04. The molecule has 2 heteroatoms. The van der Waals surface area contributed by atoms with E-state index in [-0.39, 0.29) is 11.2 Å². The average molecular weight is 263 g/mol. The molecule has 1 saturated carbocycles. The van der Waals surface area contributed by atoms with Gasteiger partial charge >= 0.3 is 0 Å². The zero-order valence-electron chi connectivity index (χ0n) is 12.4. The fourth-order valence-corrected chi connectivity index (χ4v) is 3.21. The van der Waals surface area contributed by atoms with Gasteiger partial charge in [0, 0.05) is 12.0 Å². The molecule has 0 heterocycles. The molecule has 1 N–H and O–H groups in total. The van der Waals surface area contributed by atoms with E-state index in [4.69, 9.17) is 0 Å². The summed E-state index contributed by atoms with van der Waals surface area (Å²) in [4.78, 5) is 0. The molecule has 0 bridgehead atoms. The van der Waals surface area contributed by atoms with Gasteiger partial charge in [-0.3, -0.25) is 0 Å². The van der Waals surface area contributed by atoms with Crippen molar-refractivity contribution >= 4 is 0 Å². The molecule has 0 saturated heterocycles. The maximum Gasteiger partial charge on any atom is 0.123 e. The molecule has 0 unspecified atom stereocenters. The first-order valence-corrected chi connectivity index (χ1v) is 7.54. The smallest absolute Gasteiger partial charge is 0.123 e. The fraction of sp³-hybridized carbons (Fsp3) is 0.647. The van der Waals surface area contributed by atoms with Gasteiger partial charge in [0.05, 0.1) is 0 Å². The second-order valence-electron chi connectivity index (χ2n) is 6.38. The minimum Gasteiger partial charge on any atom is -0.316 e. The predicted octanol–water partition coefficient (Wildman–Crippen LogP) is 4.13. The van der Waals surface area contributed by atoms with Crippen LogP contribution in [0.5, 0.6) is 0 Å². The first-order chi connectivity index (χ1) is 9.07. The number of benzene rings is 1. The van der Waals surface area contributed by atoms with Crippen molar-refractivity contribution < 1.29 is 4.39 Å². The summed E-state index contributed by atoms with van der Waals surface area (Å²) in [5, 5.41) is 3.56. The first-order valence-electron chi connectivity index (χ1n) is 7.54. The Morgan fingerprint density at radius 2 is 1.89 bits per heavy atom. The van der Waals surface area contributed by atoms with Gasteiger partial charge in [0.1, 0.15) is 5.82 Å². The second-order valence-corrected chi connectivity index (χ2v) is 6.38. The van der Waals surface area contributed by atoms with Crippen LogP contribution < -0.4 is 5.32 Å². The quantitative estimate of drug-likeness (QED) is 0.761. The number of rotatable bonds is 6. The van der Waals surface area contributed by atoms with Crippen LogP contribution in [0.25, 0.3) is 0 Å². The van der Waals surface area contributed by atoms with Crippen LogP contribution in [0.4, 0.5) is 4.39 Å². The highest BCUT2D eigenvalue weighted by atomic mass is 19.1. The van der Waals surface area contributed by atoms with E-state index in [2.05, 4.69) is 26.1 Å². The largest absolute Gasteiger partial charge is 0.316 e. The third kappa shape index (κ3) is 3.17. The molecular formula is C17H26FN. The van der Waals surface area contributed by atoms with Crippen molar-refractivity contribution in [3.63, 3.8) is 0 Å². The van der Waals surface area contributed by atoms with Crippen molar-refractivity contribution in [1.29, 1.82) is 0 Å². The molecule has 0 aliphatic heterocycles. The van der Waals surface area contributed by atoms with Crippen molar-refractivity contribution in [3.05, 3.63) is 35.6 Å². The van der Waals surface area contributed by atoms with Crippen LogP contribution in [0.1, 0.15) is 45.6 Å². The molecule has 0 radical (unpaired) electrons. The van der Waals surface area contributed by atoms with Crippen molar-refractivity contribution in [2.45, 2.75) is 45.4 Å². The van der Waals surface area contributed by atoms with Crippen LogP contribution in [0.3, 0.4) is 0 Å². The normalized spacial score (nSPS) is 26.5. The van der Waals surface area contributed by atoms with Gasteiger partial charge in [-0.25, -0.2) is 4.39 Å². The Kier molecular flexibility index (Phi) is 4.62. The van der Waals surface area contributed by atoms with Crippen molar-refractivity contribution in [1.82, 2.24) is 5.32 Å². The van der Waals surface area contributed by atoms with E-state index in [1.54, 1.807) is 12.1 Å². The highest BCUT2D eigenvalue weighted by Gasteiger charge is 2.45. The molecule has 1 aliphatic rings. The molecule has 1 aromatic carbocycles. The van der Waals surface area contributed by atoms with Crippen LogP contribution in [-0.2, 0) is 5.41 Å². The minimum atomic E-state index is -0.139. The van der Waals surface area contributed by atoms with E-state index >= 15 is 0 Å². The van der Waals surface area contributed by atoms with E-state index in [9.17, 15) is 4.39 Å². The van der Waals surface area contributed by atoms with Gasteiger partial charge in [0.15, 0.2) is 0 Å². The van der Waals surface area contributed by atoms with E-state index < -0.39 is 0 Å². The highest BCUT2D eigenvalue weighted by Crippen LogP contribution is 2.50. The lowest BCUT2D eigenvalue weighted by molar-refractivity contribution is 0.0978. The molecule has 0 atom stereocenters. The topological polar surface area (TPSA) is 12.0 Å². The molecule has 1 fully saturated rings. The summed E-state index contributed by atoms with van der Waals surface area (Å²) in [7, 11) is 0. The van der Waals surface area contributed by atoms with E-state index in [1.165, 1.54) is 18.4 Å². The Labute approximate surface area is 116 Å². The average Bonchev–Trinajstić information content (AvgIpc) is 2.33. The molecule has 0 amide bonds. The summed E-state index contributed by atoms with van der Waals surface area (Å²) in [6, 6.07) is 7.14. The number of hydrogen-bond acceptors (Lipinski definition) is 1. The van der Waals surface area contributed by atoms with Crippen LogP contribution in [0, 0.1) is 17.7 Å². The zero-order valence-corrected chi connectivity index (χ0v) is 12.4. The number of hydrogen-bond donors (Lipinski definition) is 1. The maximum absolute atomic E-state index is 13.1. The summed E-state index contributed by atoms with van der Waals surface area (Å²) in [5.74, 6) is 1.42. The predicted molar refractivity (Wildman–Crippen MR) is 78.8 cm³/mol. The molecular weight excluding hydrogens is 237 g/mol. The Bertz CT molecular complexity index is 390. The van der Waals surface area contributed by atoms with Gasteiger partial charge in [-0.1, -0.05) is 32.9 Å². The zero-order chi connectivity index (χ0) is 13.9. The third-order valence-electron chi connectivity index (χ3n) is 4.60. The molecule has 106 valence electrons. The minimum absolute atomic E-state index is 0.139. The van der Waals surface area contributed by atoms with Gasteiger partial charge in [-0.05, 0) is 55.3 Å². The van der Waals surface area contributed by atoms with Gasteiger partial charge < -0.3 is 5.32 Å². The Morgan fingerprint density at radius 3 is 2.42 bits per heavy atom. The van der Waals surface area contributed by atoms with Crippen LogP contribution in [-0.4, -0.2) is 13.1 Å². The van der Waals surface area contributed by atoms with E-state index in [1.807, 2.05) is 12.1 Å². The summed E-state index contributed by atoms with van der Waals surface area (Å²) in [5.41, 5.74) is 1.53. The lowest BCUT2D eigenvalue weighted by atomic mass is 9.56. The summed E-state index contributed by atoms with van der Waals surface area (Å²) >= 11 is 0. The lowest BCUT2D eigenvalue weighted by Crippen LogP contribution is -2.50. The van der Waals surface area contributed by atoms with Gasteiger partial charge in [-0.2, -0.15) is 0 Å². The highest BCUT2D eigenvalue weighted by molar-refractivity contribution is 5.30.